The molecule has 138 valence electrons. The highest BCUT2D eigenvalue weighted by atomic mass is 33.1. The van der Waals surface area contributed by atoms with Crippen LogP contribution < -0.4 is 11.5 Å². The monoisotopic (exact) mass is 401 g/mol. The second-order valence-corrected chi connectivity index (χ2v) is 8.86. The maximum absolute atomic E-state index is 10.2. The summed E-state index contributed by atoms with van der Waals surface area (Å²) in [5.74, 6) is 1.07. The van der Waals surface area contributed by atoms with E-state index in [0.29, 0.717) is 45.9 Å². The number of benzene rings is 1. The summed E-state index contributed by atoms with van der Waals surface area (Å²) in [5.41, 5.74) is 15.1. The Balaban J connectivity index is 1.66. The Kier molecular flexibility index (Phi) is 3.88. The van der Waals surface area contributed by atoms with Gasteiger partial charge >= 0.3 is 0 Å². The fourth-order valence-electron chi connectivity index (χ4n) is 3.14. The summed E-state index contributed by atoms with van der Waals surface area (Å²) >= 11 is 0. The number of hydrogen-bond donors (Lipinski definition) is 3. The molecule has 11 heteroatoms. The maximum atomic E-state index is 10.2. The lowest BCUT2D eigenvalue weighted by Crippen LogP contribution is -2.25. The lowest BCUT2D eigenvalue weighted by molar-refractivity contribution is 0.191. The number of aliphatic hydroxyl groups excluding tert-OH is 1. The zero-order valence-electron chi connectivity index (χ0n) is 13.9. The molecule has 5 N–H and O–H groups in total. The first-order valence-electron chi connectivity index (χ1n) is 8.20. The smallest absolute Gasteiger partial charge is 0.292 e. The van der Waals surface area contributed by atoms with Crippen molar-refractivity contribution in [2.24, 2.45) is 0 Å². The molecule has 4 aromatic rings. The molecule has 0 radical (unpaired) electrons. The topological polar surface area (TPSA) is 142 Å². The lowest BCUT2D eigenvalue weighted by Gasteiger charge is -2.12. The van der Waals surface area contributed by atoms with Crippen LogP contribution in [-0.2, 0) is 6.54 Å². The fourth-order valence-corrected chi connectivity index (χ4v) is 6.06. The number of aromatic nitrogens is 5. The molecule has 0 aliphatic carbocycles. The lowest BCUT2D eigenvalue weighted by atomic mass is 10.1. The van der Waals surface area contributed by atoms with Crippen molar-refractivity contribution in [3.05, 3.63) is 24.5 Å². The van der Waals surface area contributed by atoms with Gasteiger partial charge in [-0.05, 0) is 18.2 Å². The predicted octanol–water partition coefficient (Wildman–Crippen LogP) is 1.92. The molecule has 0 spiro atoms. The number of nitrogen functional groups attached to an aromatic ring is 2. The molecule has 1 fully saturated rings. The first-order valence-corrected chi connectivity index (χ1v) is 10.6. The SMILES string of the molecule is Nc1nc2cc(-c3nn(C[C@H]4SSCC4O)c4ncnc(N)c34)ccc2o1. The van der Waals surface area contributed by atoms with Gasteiger partial charge in [0.25, 0.3) is 6.01 Å². The number of nitrogens with two attached hydrogens (primary N) is 2. The Morgan fingerprint density at radius 3 is 3.00 bits per heavy atom. The van der Waals surface area contributed by atoms with E-state index in [1.807, 2.05) is 12.1 Å². The van der Waals surface area contributed by atoms with E-state index in [9.17, 15) is 5.11 Å². The van der Waals surface area contributed by atoms with Gasteiger partial charge in [-0.1, -0.05) is 21.6 Å². The van der Waals surface area contributed by atoms with Crippen LogP contribution in [-0.4, -0.2) is 46.9 Å². The van der Waals surface area contributed by atoms with Gasteiger partial charge in [0.05, 0.1) is 23.3 Å². The van der Waals surface area contributed by atoms with Crippen LogP contribution in [0.3, 0.4) is 0 Å². The average molecular weight is 401 g/mol. The second kappa shape index (κ2) is 6.29. The van der Waals surface area contributed by atoms with E-state index in [2.05, 4.69) is 15.0 Å². The Labute approximate surface area is 160 Å². The van der Waals surface area contributed by atoms with Crippen molar-refractivity contribution in [1.29, 1.82) is 0 Å². The third-order valence-corrected chi connectivity index (χ3v) is 7.33. The van der Waals surface area contributed by atoms with Crippen LogP contribution in [0.1, 0.15) is 0 Å². The second-order valence-electron chi connectivity index (χ2n) is 6.21. The molecule has 1 aliphatic heterocycles. The summed E-state index contributed by atoms with van der Waals surface area (Å²) in [6.45, 7) is 0.533. The molecule has 0 saturated carbocycles. The molecule has 4 heterocycles. The standard InChI is InChI=1S/C16H15N7O2S2/c17-14-12-13(7-1-2-10-8(3-7)21-16(18)25-10)22-23(15(12)20-6-19-14)4-11-9(24)5-26-27-11/h1-3,6,9,11,24H,4-5H2,(H2,18,21)(H2,17,19,20)/t9?,11-/m1/s1. The van der Waals surface area contributed by atoms with Crippen molar-refractivity contribution in [3.63, 3.8) is 0 Å². The van der Waals surface area contributed by atoms with Crippen molar-refractivity contribution < 1.29 is 9.52 Å². The van der Waals surface area contributed by atoms with Crippen LogP contribution in [0.25, 0.3) is 33.4 Å². The summed E-state index contributed by atoms with van der Waals surface area (Å²) in [6, 6.07) is 5.64. The molecule has 2 atom stereocenters. The van der Waals surface area contributed by atoms with Gasteiger partial charge in [0.1, 0.15) is 23.4 Å². The van der Waals surface area contributed by atoms with Crippen molar-refractivity contribution in [2.45, 2.75) is 17.9 Å². The van der Waals surface area contributed by atoms with Crippen LogP contribution in [0.2, 0.25) is 0 Å². The normalized spacial score (nSPS) is 20.0. The molecule has 27 heavy (non-hydrogen) atoms. The molecule has 3 aromatic heterocycles. The third-order valence-electron chi connectivity index (χ3n) is 4.45. The van der Waals surface area contributed by atoms with E-state index in [0.717, 1.165) is 5.56 Å². The Morgan fingerprint density at radius 2 is 2.19 bits per heavy atom. The molecule has 1 aromatic carbocycles. The minimum absolute atomic E-state index is 0.0416. The molecule has 1 aliphatic rings. The predicted molar refractivity (Wildman–Crippen MR) is 107 cm³/mol. The Hall–Kier alpha value is -2.50. The summed E-state index contributed by atoms with van der Waals surface area (Å²) < 4.78 is 7.12. The minimum atomic E-state index is -0.378. The Morgan fingerprint density at radius 1 is 1.30 bits per heavy atom. The first kappa shape index (κ1) is 16.7. The highest BCUT2D eigenvalue weighted by Crippen LogP contribution is 2.39. The zero-order valence-corrected chi connectivity index (χ0v) is 15.6. The largest absolute Gasteiger partial charge is 0.424 e. The number of rotatable bonds is 3. The van der Waals surface area contributed by atoms with E-state index in [-0.39, 0.29) is 17.4 Å². The van der Waals surface area contributed by atoms with E-state index >= 15 is 0 Å². The van der Waals surface area contributed by atoms with Crippen molar-refractivity contribution >= 4 is 55.6 Å². The molecule has 0 bridgehead atoms. The number of oxazole rings is 1. The number of fused-ring (bicyclic) bond motifs is 2. The molecule has 1 unspecified atom stereocenters. The van der Waals surface area contributed by atoms with Gasteiger partial charge < -0.3 is 21.0 Å². The van der Waals surface area contributed by atoms with E-state index in [1.54, 1.807) is 32.3 Å². The van der Waals surface area contributed by atoms with E-state index in [4.69, 9.17) is 21.0 Å². The van der Waals surface area contributed by atoms with Gasteiger partial charge in [-0.25, -0.2) is 14.6 Å². The number of nitrogens with zero attached hydrogens (tertiary/aromatic N) is 5. The number of anilines is 2. The highest BCUT2D eigenvalue weighted by Gasteiger charge is 2.29. The minimum Gasteiger partial charge on any atom is -0.424 e. The summed E-state index contributed by atoms with van der Waals surface area (Å²) in [6.07, 6.45) is 1.05. The van der Waals surface area contributed by atoms with Crippen LogP contribution >= 0.6 is 21.6 Å². The number of hydrogen-bond acceptors (Lipinski definition) is 10. The maximum Gasteiger partial charge on any atom is 0.292 e. The van der Waals surface area contributed by atoms with Gasteiger partial charge in [0.15, 0.2) is 11.2 Å². The average Bonchev–Trinajstić information content (AvgIpc) is 3.32. The fraction of sp³-hybridized carbons (Fsp3) is 0.250. The number of aliphatic hydroxyl groups is 1. The molecule has 5 rings (SSSR count). The molecule has 0 amide bonds. The highest BCUT2D eigenvalue weighted by molar-refractivity contribution is 8.77. The van der Waals surface area contributed by atoms with Gasteiger partial charge in [0.2, 0.25) is 0 Å². The van der Waals surface area contributed by atoms with Crippen LogP contribution in [0.4, 0.5) is 11.8 Å². The third kappa shape index (κ3) is 2.78. The summed E-state index contributed by atoms with van der Waals surface area (Å²) in [5, 5.41) is 15.6. The van der Waals surface area contributed by atoms with E-state index in [1.165, 1.54) is 6.33 Å². The van der Waals surface area contributed by atoms with Gasteiger partial charge in [-0.3, -0.25) is 0 Å². The van der Waals surface area contributed by atoms with Gasteiger partial charge in [-0.15, -0.1) is 0 Å². The van der Waals surface area contributed by atoms with Crippen molar-refractivity contribution in [3.8, 4) is 11.3 Å². The van der Waals surface area contributed by atoms with Crippen LogP contribution in [0.15, 0.2) is 28.9 Å². The molecular weight excluding hydrogens is 386 g/mol. The molecular formula is C16H15N7O2S2. The molecule has 9 nitrogen and oxygen atoms in total. The summed E-state index contributed by atoms with van der Waals surface area (Å²) in [7, 11) is 3.33. The van der Waals surface area contributed by atoms with Gasteiger partial charge in [0, 0.05) is 11.3 Å². The van der Waals surface area contributed by atoms with Gasteiger partial charge in [-0.2, -0.15) is 10.1 Å². The summed E-state index contributed by atoms with van der Waals surface area (Å²) in [4.78, 5) is 12.7. The quantitative estimate of drug-likeness (QED) is 0.436. The van der Waals surface area contributed by atoms with Crippen molar-refractivity contribution in [2.75, 3.05) is 17.2 Å². The van der Waals surface area contributed by atoms with Crippen LogP contribution in [0, 0.1) is 0 Å². The first-order chi connectivity index (χ1) is 13.1. The molecule has 1 saturated heterocycles. The van der Waals surface area contributed by atoms with Crippen LogP contribution in [0.5, 0.6) is 0 Å². The van der Waals surface area contributed by atoms with E-state index < -0.39 is 0 Å². The Bertz CT molecular complexity index is 1160. The van der Waals surface area contributed by atoms with Crippen molar-refractivity contribution in [1.82, 2.24) is 24.7 Å². The zero-order chi connectivity index (χ0) is 18.5.